The first kappa shape index (κ1) is 10.1. The van der Waals surface area contributed by atoms with E-state index in [1.54, 1.807) is 0 Å². The van der Waals surface area contributed by atoms with Gasteiger partial charge in [0.05, 0.1) is 5.01 Å². The Labute approximate surface area is 89.8 Å². The van der Waals surface area contributed by atoms with Crippen molar-refractivity contribution < 1.29 is 0 Å². The summed E-state index contributed by atoms with van der Waals surface area (Å²) in [7, 11) is 0. The fraction of sp³-hybridized carbons (Fsp3) is 0.727. The number of thiazole rings is 1. The van der Waals surface area contributed by atoms with Crippen molar-refractivity contribution in [1.82, 2.24) is 10.3 Å². The summed E-state index contributed by atoms with van der Waals surface area (Å²) in [6, 6.07) is 0. The van der Waals surface area contributed by atoms with Crippen LogP contribution in [0, 0.1) is 12.3 Å². The van der Waals surface area contributed by atoms with Gasteiger partial charge in [-0.3, -0.25) is 0 Å². The Bertz CT molecular complexity index is 302. The van der Waals surface area contributed by atoms with Crippen LogP contribution in [0.25, 0.3) is 0 Å². The SMILES string of the molecule is CCNCC1(Cc2nc(C)cs2)CC1. The number of rotatable bonds is 5. The molecule has 1 aliphatic carbocycles. The minimum absolute atomic E-state index is 0.556. The lowest BCUT2D eigenvalue weighted by molar-refractivity contribution is 0.462. The summed E-state index contributed by atoms with van der Waals surface area (Å²) in [6.07, 6.45) is 3.93. The Kier molecular flexibility index (Phi) is 2.88. The predicted molar refractivity (Wildman–Crippen MR) is 60.8 cm³/mol. The predicted octanol–water partition coefficient (Wildman–Crippen LogP) is 2.38. The zero-order valence-corrected chi connectivity index (χ0v) is 9.78. The lowest BCUT2D eigenvalue weighted by atomic mass is 10.0. The third kappa shape index (κ3) is 2.34. The summed E-state index contributed by atoms with van der Waals surface area (Å²) < 4.78 is 0. The second kappa shape index (κ2) is 3.99. The fourth-order valence-corrected chi connectivity index (χ4v) is 2.73. The largest absolute Gasteiger partial charge is 0.316 e. The lowest BCUT2D eigenvalue weighted by Crippen LogP contribution is -2.25. The van der Waals surface area contributed by atoms with E-state index in [-0.39, 0.29) is 0 Å². The Morgan fingerprint density at radius 1 is 1.57 bits per heavy atom. The second-order valence-corrected chi connectivity index (χ2v) is 5.28. The number of nitrogens with zero attached hydrogens (tertiary/aromatic N) is 1. The number of hydrogen-bond acceptors (Lipinski definition) is 3. The Morgan fingerprint density at radius 2 is 2.36 bits per heavy atom. The van der Waals surface area contributed by atoms with Gasteiger partial charge in [-0.2, -0.15) is 0 Å². The standard InChI is InChI=1S/C11H18N2S/c1-3-12-8-11(4-5-11)6-10-13-9(2)7-14-10/h7,12H,3-6,8H2,1-2H3. The monoisotopic (exact) mass is 210 g/mol. The molecule has 0 saturated heterocycles. The van der Waals surface area contributed by atoms with Gasteiger partial charge in [0.15, 0.2) is 0 Å². The van der Waals surface area contributed by atoms with Gasteiger partial charge < -0.3 is 5.32 Å². The number of aryl methyl sites for hydroxylation is 1. The Hall–Kier alpha value is -0.410. The van der Waals surface area contributed by atoms with E-state index in [2.05, 4.69) is 29.5 Å². The molecular formula is C11H18N2S. The van der Waals surface area contributed by atoms with E-state index in [1.807, 2.05) is 11.3 Å². The molecule has 1 saturated carbocycles. The molecule has 1 aromatic heterocycles. The van der Waals surface area contributed by atoms with Gasteiger partial charge in [0.1, 0.15) is 0 Å². The molecule has 14 heavy (non-hydrogen) atoms. The van der Waals surface area contributed by atoms with Crippen LogP contribution < -0.4 is 5.32 Å². The maximum atomic E-state index is 4.53. The van der Waals surface area contributed by atoms with Crippen molar-refractivity contribution in [2.75, 3.05) is 13.1 Å². The summed E-state index contributed by atoms with van der Waals surface area (Å²) in [5, 5.41) is 6.92. The van der Waals surface area contributed by atoms with Crippen molar-refractivity contribution in [2.24, 2.45) is 5.41 Å². The van der Waals surface area contributed by atoms with Crippen molar-refractivity contribution in [3.8, 4) is 0 Å². The molecule has 1 fully saturated rings. The highest BCUT2D eigenvalue weighted by atomic mass is 32.1. The molecule has 1 aromatic rings. The molecule has 0 atom stereocenters. The summed E-state index contributed by atoms with van der Waals surface area (Å²) in [6.45, 7) is 6.49. The molecule has 78 valence electrons. The van der Waals surface area contributed by atoms with Crippen LogP contribution in [-0.2, 0) is 6.42 Å². The molecule has 2 nitrogen and oxygen atoms in total. The smallest absolute Gasteiger partial charge is 0.0934 e. The molecule has 2 rings (SSSR count). The van der Waals surface area contributed by atoms with E-state index in [0.29, 0.717) is 5.41 Å². The molecule has 0 spiro atoms. The first-order chi connectivity index (χ1) is 6.74. The maximum Gasteiger partial charge on any atom is 0.0934 e. The zero-order valence-electron chi connectivity index (χ0n) is 8.97. The minimum atomic E-state index is 0.556. The summed E-state index contributed by atoms with van der Waals surface area (Å²) >= 11 is 1.81. The van der Waals surface area contributed by atoms with Crippen LogP contribution >= 0.6 is 11.3 Å². The Balaban J connectivity index is 1.90. The van der Waals surface area contributed by atoms with Crippen LogP contribution in [0.4, 0.5) is 0 Å². The van der Waals surface area contributed by atoms with E-state index < -0.39 is 0 Å². The van der Waals surface area contributed by atoms with Crippen molar-refractivity contribution in [1.29, 1.82) is 0 Å². The van der Waals surface area contributed by atoms with Gasteiger partial charge >= 0.3 is 0 Å². The number of hydrogen-bond donors (Lipinski definition) is 1. The van der Waals surface area contributed by atoms with Crippen molar-refractivity contribution in [3.63, 3.8) is 0 Å². The van der Waals surface area contributed by atoms with Crippen LogP contribution in [0.1, 0.15) is 30.5 Å². The molecule has 0 radical (unpaired) electrons. The molecule has 1 heterocycles. The van der Waals surface area contributed by atoms with Gasteiger partial charge in [0.25, 0.3) is 0 Å². The van der Waals surface area contributed by atoms with Crippen LogP contribution in [0.2, 0.25) is 0 Å². The highest BCUT2D eigenvalue weighted by Gasteiger charge is 2.42. The van der Waals surface area contributed by atoms with E-state index in [9.17, 15) is 0 Å². The van der Waals surface area contributed by atoms with Gasteiger partial charge in [-0.25, -0.2) is 4.98 Å². The van der Waals surface area contributed by atoms with Gasteiger partial charge in [-0.15, -0.1) is 11.3 Å². The second-order valence-electron chi connectivity index (χ2n) is 4.34. The average molecular weight is 210 g/mol. The van der Waals surface area contributed by atoms with E-state index in [0.717, 1.165) is 6.54 Å². The quantitative estimate of drug-likeness (QED) is 0.807. The van der Waals surface area contributed by atoms with Gasteiger partial charge in [-0.1, -0.05) is 6.92 Å². The highest BCUT2D eigenvalue weighted by molar-refractivity contribution is 7.09. The molecule has 3 heteroatoms. The van der Waals surface area contributed by atoms with E-state index in [1.165, 1.54) is 36.5 Å². The summed E-state index contributed by atoms with van der Waals surface area (Å²) in [5.74, 6) is 0. The van der Waals surface area contributed by atoms with Crippen LogP contribution in [0.3, 0.4) is 0 Å². The normalized spacial score (nSPS) is 18.4. The first-order valence-electron chi connectivity index (χ1n) is 5.36. The molecular weight excluding hydrogens is 192 g/mol. The summed E-state index contributed by atoms with van der Waals surface area (Å²) in [4.78, 5) is 4.53. The maximum absolute atomic E-state index is 4.53. The lowest BCUT2D eigenvalue weighted by Gasteiger charge is -2.13. The molecule has 0 amide bonds. The molecule has 0 aliphatic heterocycles. The molecule has 0 bridgehead atoms. The van der Waals surface area contributed by atoms with Crippen LogP contribution in [0.15, 0.2) is 5.38 Å². The first-order valence-corrected chi connectivity index (χ1v) is 6.24. The Morgan fingerprint density at radius 3 is 2.86 bits per heavy atom. The third-order valence-corrected chi connectivity index (χ3v) is 3.87. The topological polar surface area (TPSA) is 24.9 Å². The molecule has 0 aromatic carbocycles. The van der Waals surface area contributed by atoms with Gasteiger partial charge in [0, 0.05) is 24.0 Å². The fourth-order valence-electron chi connectivity index (χ4n) is 1.79. The van der Waals surface area contributed by atoms with Gasteiger partial charge in [-0.05, 0) is 31.7 Å². The van der Waals surface area contributed by atoms with Crippen molar-refractivity contribution >= 4 is 11.3 Å². The van der Waals surface area contributed by atoms with E-state index >= 15 is 0 Å². The molecule has 1 aliphatic rings. The zero-order chi connectivity index (χ0) is 10.0. The third-order valence-electron chi connectivity index (χ3n) is 2.90. The average Bonchev–Trinajstić information content (AvgIpc) is 2.81. The van der Waals surface area contributed by atoms with Gasteiger partial charge in [0.2, 0.25) is 0 Å². The molecule has 1 N–H and O–H groups in total. The summed E-state index contributed by atoms with van der Waals surface area (Å²) in [5.41, 5.74) is 1.73. The molecule has 0 unspecified atom stereocenters. The number of nitrogens with one attached hydrogen (secondary N) is 1. The van der Waals surface area contributed by atoms with Crippen LogP contribution in [-0.4, -0.2) is 18.1 Å². The van der Waals surface area contributed by atoms with Crippen molar-refractivity contribution in [2.45, 2.75) is 33.1 Å². The highest BCUT2D eigenvalue weighted by Crippen LogP contribution is 2.48. The minimum Gasteiger partial charge on any atom is -0.316 e. The van der Waals surface area contributed by atoms with E-state index in [4.69, 9.17) is 0 Å². The van der Waals surface area contributed by atoms with Crippen LogP contribution in [0.5, 0.6) is 0 Å². The number of aromatic nitrogens is 1. The van der Waals surface area contributed by atoms with Crippen molar-refractivity contribution in [3.05, 3.63) is 16.1 Å².